The van der Waals surface area contributed by atoms with E-state index in [1.165, 1.54) is 12.8 Å². The number of hydrogen-bond acceptors (Lipinski definition) is 3. The molecule has 19 heavy (non-hydrogen) atoms. The fourth-order valence-corrected chi connectivity index (χ4v) is 3.33. The van der Waals surface area contributed by atoms with Gasteiger partial charge in [0.25, 0.3) is 0 Å². The number of halogens is 1. The maximum atomic E-state index is 11.3. The highest BCUT2D eigenvalue weighted by Gasteiger charge is 2.25. The average molecular weight is 327 g/mol. The maximum Gasteiger partial charge on any atom is 0.236 e. The summed E-state index contributed by atoms with van der Waals surface area (Å²) in [4.78, 5) is 13.4. The smallest absolute Gasteiger partial charge is 0.236 e. The molecule has 0 aromatic heterocycles. The summed E-state index contributed by atoms with van der Waals surface area (Å²) < 4.78 is 0.896. The van der Waals surface area contributed by atoms with Gasteiger partial charge in [-0.1, -0.05) is 18.9 Å². The number of primary amides is 1. The second-order valence-electron chi connectivity index (χ2n) is 4.98. The maximum absolute atomic E-state index is 11.3. The summed E-state index contributed by atoms with van der Waals surface area (Å²) in [5, 5.41) is 9.14. The molecule has 1 fully saturated rings. The van der Waals surface area contributed by atoms with Gasteiger partial charge >= 0.3 is 0 Å². The van der Waals surface area contributed by atoms with Crippen LogP contribution in [-0.4, -0.2) is 23.6 Å². The number of nitrogens with two attached hydrogens (primary N) is 1. The lowest BCUT2D eigenvalue weighted by atomic mass is 10.1. The molecule has 0 bridgehead atoms. The van der Waals surface area contributed by atoms with Crippen LogP contribution in [0.2, 0.25) is 0 Å². The highest BCUT2D eigenvalue weighted by molar-refractivity contribution is 9.10. The number of nitrogens with zero attached hydrogens (tertiary/aromatic N) is 1. The molecule has 0 radical (unpaired) electrons. The number of amides is 1. The predicted octanol–water partition coefficient (Wildman–Crippen LogP) is 2.18. The Morgan fingerprint density at radius 3 is 2.63 bits per heavy atom. The average Bonchev–Trinajstić information content (AvgIpc) is 2.89. The molecule has 5 heteroatoms. The van der Waals surface area contributed by atoms with E-state index in [-0.39, 0.29) is 19.1 Å². The van der Waals surface area contributed by atoms with Crippen LogP contribution in [0.15, 0.2) is 22.7 Å². The molecular weight excluding hydrogens is 308 g/mol. The van der Waals surface area contributed by atoms with E-state index in [2.05, 4.69) is 20.8 Å². The van der Waals surface area contributed by atoms with Crippen LogP contribution in [0.3, 0.4) is 0 Å². The van der Waals surface area contributed by atoms with Gasteiger partial charge in [-0.2, -0.15) is 0 Å². The third kappa shape index (κ3) is 3.48. The summed E-state index contributed by atoms with van der Waals surface area (Å²) in [5.41, 5.74) is 7.19. The van der Waals surface area contributed by atoms with E-state index in [1.807, 2.05) is 18.2 Å². The van der Waals surface area contributed by atoms with Crippen molar-refractivity contribution in [2.45, 2.75) is 38.3 Å². The third-order valence-electron chi connectivity index (χ3n) is 3.60. The number of carbonyl (C=O) groups excluding carboxylic acids is 1. The van der Waals surface area contributed by atoms with Crippen molar-refractivity contribution in [3.8, 4) is 0 Å². The Bertz CT molecular complexity index is 459. The second kappa shape index (κ2) is 6.39. The van der Waals surface area contributed by atoms with Gasteiger partial charge in [-0.15, -0.1) is 0 Å². The lowest BCUT2D eigenvalue weighted by molar-refractivity contribution is -0.116. The molecule has 0 unspecified atom stereocenters. The zero-order valence-corrected chi connectivity index (χ0v) is 12.4. The normalized spacial score (nSPS) is 15.7. The molecule has 2 rings (SSSR count). The first-order valence-corrected chi connectivity index (χ1v) is 7.35. The number of aliphatic hydroxyl groups excluding tert-OH is 1. The first kappa shape index (κ1) is 14.3. The van der Waals surface area contributed by atoms with Gasteiger partial charge in [0.2, 0.25) is 5.91 Å². The van der Waals surface area contributed by atoms with E-state index in [0.29, 0.717) is 6.04 Å². The Morgan fingerprint density at radius 2 is 2.11 bits per heavy atom. The molecule has 1 aliphatic carbocycles. The molecule has 1 amide bonds. The molecule has 3 N–H and O–H groups in total. The van der Waals surface area contributed by atoms with Crippen molar-refractivity contribution in [3.63, 3.8) is 0 Å². The fourth-order valence-electron chi connectivity index (χ4n) is 2.68. The molecule has 4 nitrogen and oxygen atoms in total. The number of carbonyl (C=O) groups is 1. The van der Waals surface area contributed by atoms with Crippen molar-refractivity contribution < 1.29 is 9.90 Å². The first-order valence-electron chi connectivity index (χ1n) is 6.56. The SMILES string of the molecule is NC(=O)CN(c1ccc(CO)cc1Br)C1CCCC1. The number of anilines is 1. The summed E-state index contributed by atoms with van der Waals surface area (Å²) in [6, 6.07) is 6.09. The van der Waals surface area contributed by atoms with Crippen LogP contribution in [-0.2, 0) is 11.4 Å². The summed E-state index contributed by atoms with van der Waals surface area (Å²) in [6.07, 6.45) is 4.60. The van der Waals surface area contributed by atoms with Gasteiger partial charge in [0.05, 0.1) is 18.8 Å². The monoisotopic (exact) mass is 326 g/mol. The molecule has 1 saturated carbocycles. The van der Waals surface area contributed by atoms with Gasteiger partial charge in [-0.05, 0) is 46.5 Å². The lowest BCUT2D eigenvalue weighted by Crippen LogP contribution is -2.40. The van der Waals surface area contributed by atoms with Crippen LogP contribution in [0.25, 0.3) is 0 Å². The zero-order valence-electron chi connectivity index (χ0n) is 10.8. The topological polar surface area (TPSA) is 66.6 Å². The van der Waals surface area contributed by atoms with Crippen LogP contribution in [0, 0.1) is 0 Å². The highest BCUT2D eigenvalue weighted by Crippen LogP contribution is 2.33. The van der Waals surface area contributed by atoms with E-state index in [1.54, 1.807) is 0 Å². The van der Waals surface area contributed by atoms with Gasteiger partial charge in [-0.25, -0.2) is 0 Å². The van der Waals surface area contributed by atoms with Crippen molar-refractivity contribution in [2.24, 2.45) is 5.73 Å². The zero-order chi connectivity index (χ0) is 13.8. The molecule has 1 aromatic carbocycles. The summed E-state index contributed by atoms with van der Waals surface area (Å²) in [7, 11) is 0. The Labute approximate surface area is 121 Å². The Hall–Kier alpha value is -1.07. The molecule has 0 spiro atoms. The van der Waals surface area contributed by atoms with Gasteiger partial charge in [-0.3, -0.25) is 4.79 Å². The van der Waals surface area contributed by atoms with Crippen molar-refractivity contribution >= 4 is 27.5 Å². The van der Waals surface area contributed by atoms with Crippen LogP contribution in [0.5, 0.6) is 0 Å². The molecule has 104 valence electrons. The summed E-state index contributed by atoms with van der Waals surface area (Å²) in [5.74, 6) is -0.315. The fraction of sp³-hybridized carbons (Fsp3) is 0.500. The van der Waals surface area contributed by atoms with E-state index < -0.39 is 0 Å². The minimum absolute atomic E-state index is 0.0120. The number of aliphatic hydroxyl groups is 1. The first-order chi connectivity index (χ1) is 9.11. The number of rotatable bonds is 5. The molecular formula is C14H19BrN2O2. The number of hydrogen-bond donors (Lipinski definition) is 2. The molecule has 1 aliphatic rings. The quantitative estimate of drug-likeness (QED) is 0.871. The van der Waals surface area contributed by atoms with Crippen molar-refractivity contribution in [1.29, 1.82) is 0 Å². The largest absolute Gasteiger partial charge is 0.392 e. The van der Waals surface area contributed by atoms with Gasteiger partial charge < -0.3 is 15.7 Å². The van der Waals surface area contributed by atoms with Gasteiger partial charge in [0.15, 0.2) is 0 Å². The van der Waals surface area contributed by atoms with E-state index in [0.717, 1.165) is 28.6 Å². The number of benzene rings is 1. The molecule has 0 aliphatic heterocycles. The Morgan fingerprint density at radius 1 is 1.42 bits per heavy atom. The molecule has 1 aromatic rings. The molecule has 0 heterocycles. The van der Waals surface area contributed by atoms with Crippen LogP contribution < -0.4 is 10.6 Å². The minimum atomic E-state index is -0.315. The second-order valence-corrected chi connectivity index (χ2v) is 5.83. The van der Waals surface area contributed by atoms with Crippen LogP contribution in [0.1, 0.15) is 31.2 Å². The Kier molecular flexibility index (Phi) is 4.82. The van der Waals surface area contributed by atoms with E-state index >= 15 is 0 Å². The van der Waals surface area contributed by atoms with Crippen molar-refractivity contribution in [2.75, 3.05) is 11.4 Å². The summed E-state index contributed by atoms with van der Waals surface area (Å²) >= 11 is 3.52. The van der Waals surface area contributed by atoms with Crippen LogP contribution >= 0.6 is 15.9 Å². The standard InChI is InChI=1S/C14H19BrN2O2/c15-12-7-10(9-18)5-6-13(12)17(8-14(16)19)11-3-1-2-4-11/h5-7,11,18H,1-4,8-9H2,(H2,16,19). The highest BCUT2D eigenvalue weighted by atomic mass is 79.9. The van der Waals surface area contributed by atoms with Crippen molar-refractivity contribution in [3.05, 3.63) is 28.2 Å². The third-order valence-corrected chi connectivity index (χ3v) is 4.23. The van der Waals surface area contributed by atoms with Gasteiger partial charge in [0.1, 0.15) is 0 Å². The molecule has 0 atom stereocenters. The van der Waals surface area contributed by atoms with Crippen LogP contribution in [0.4, 0.5) is 5.69 Å². The van der Waals surface area contributed by atoms with E-state index in [9.17, 15) is 4.79 Å². The Balaban J connectivity index is 2.28. The van der Waals surface area contributed by atoms with E-state index in [4.69, 9.17) is 10.8 Å². The predicted molar refractivity (Wildman–Crippen MR) is 78.9 cm³/mol. The van der Waals surface area contributed by atoms with Crippen molar-refractivity contribution in [1.82, 2.24) is 0 Å². The summed E-state index contributed by atoms with van der Waals surface area (Å²) in [6.45, 7) is 0.250. The lowest BCUT2D eigenvalue weighted by Gasteiger charge is -2.31. The molecule has 0 saturated heterocycles. The van der Waals surface area contributed by atoms with Gasteiger partial charge in [0, 0.05) is 10.5 Å². The minimum Gasteiger partial charge on any atom is -0.392 e.